The first kappa shape index (κ1) is 26.6. The summed E-state index contributed by atoms with van der Waals surface area (Å²) in [6.45, 7) is 4.68. The van der Waals surface area contributed by atoms with Gasteiger partial charge < -0.3 is 14.2 Å². The van der Waals surface area contributed by atoms with Crippen LogP contribution in [0.4, 0.5) is 0 Å². The Bertz CT molecular complexity index is 1710. The van der Waals surface area contributed by atoms with Gasteiger partial charge in [0.05, 0.1) is 36.7 Å². The van der Waals surface area contributed by atoms with Gasteiger partial charge in [0.25, 0.3) is 11.5 Å². The monoisotopic (exact) mass is 551 g/mol. The molecule has 11 nitrogen and oxygen atoms in total. The summed E-state index contributed by atoms with van der Waals surface area (Å²) in [6.07, 6.45) is 1.84. The second kappa shape index (κ2) is 11.0. The molecule has 2 aromatic heterocycles. The molecule has 0 aliphatic carbocycles. The van der Waals surface area contributed by atoms with E-state index in [0.717, 1.165) is 11.1 Å². The molecule has 1 saturated heterocycles. The molecule has 4 aromatic rings. The molecule has 1 aliphatic rings. The van der Waals surface area contributed by atoms with Crippen LogP contribution in [0.25, 0.3) is 11.2 Å². The van der Waals surface area contributed by atoms with Crippen LogP contribution in [0.2, 0.25) is 0 Å². The third-order valence-corrected chi connectivity index (χ3v) is 8.61. The van der Waals surface area contributed by atoms with Crippen LogP contribution in [0.5, 0.6) is 0 Å². The first-order valence-electron chi connectivity index (χ1n) is 12.7. The SMILES string of the molecule is CCn1cnc2c1c(=O)[nH]c(=O)n2Cc1ccc(CCS(=O)(=O)c2ccc(C(=O)N3CCOCC3)cc2)cc1. The maximum atomic E-state index is 12.9. The van der Waals surface area contributed by atoms with Gasteiger partial charge in [-0.3, -0.25) is 19.1 Å². The number of nitrogens with one attached hydrogen (secondary N) is 1. The number of fused-ring (bicyclic) bond motifs is 1. The number of carbonyl (C=O) groups is 1. The molecule has 0 spiro atoms. The molecule has 39 heavy (non-hydrogen) atoms. The minimum atomic E-state index is -3.55. The van der Waals surface area contributed by atoms with E-state index < -0.39 is 21.1 Å². The van der Waals surface area contributed by atoms with Crippen LogP contribution >= 0.6 is 0 Å². The summed E-state index contributed by atoms with van der Waals surface area (Å²) >= 11 is 0. The van der Waals surface area contributed by atoms with E-state index in [2.05, 4.69) is 9.97 Å². The van der Waals surface area contributed by atoms with Gasteiger partial charge in [0, 0.05) is 25.2 Å². The van der Waals surface area contributed by atoms with Crippen molar-refractivity contribution in [3.05, 3.63) is 92.4 Å². The van der Waals surface area contributed by atoms with E-state index in [9.17, 15) is 22.8 Å². The van der Waals surface area contributed by atoms with Gasteiger partial charge in [0.15, 0.2) is 21.0 Å². The van der Waals surface area contributed by atoms with Crippen LogP contribution < -0.4 is 11.2 Å². The molecule has 12 heteroatoms. The van der Waals surface area contributed by atoms with Gasteiger partial charge in [-0.1, -0.05) is 24.3 Å². The average molecular weight is 552 g/mol. The van der Waals surface area contributed by atoms with Gasteiger partial charge in [-0.25, -0.2) is 18.2 Å². The van der Waals surface area contributed by atoms with Crippen LogP contribution in [0.15, 0.2) is 69.3 Å². The largest absolute Gasteiger partial charge is 0.378 e. The van der Waals surface area contributed by atoms with Crippen molar-refractivity contribution in [1.82, 2.24) is 24.0 Å². The Hall–Kier alpha value is -4.03. The minimum Gasteiger partial charge on any atom is -0.378 e. The molecule has 1 fully saturated rings. The smallest absolute Gasteiger partial charge is 0.330 e. The summed E-state index contributed by atoms with van der Waals surface area (Å²) < 4.78 is 34.2. The Morgan fingerprint density at radius 3 is 2.33 bits per heavy atom. The Morgan fingerprint density at radius 2 is 1.67 bits per heavy atom. The Morgan fingerprint density at radius 1 is 1.00 bits per heavy atom. The number of morpholine rings is 1. The number of ether oxygens (including phenoxy) is 1. The lowest BCUT2D eigenvalue weighted by Gasteiger charge is -2.26. The highest BCUT2D eigenvalue weighted by molar-refractivity contribution is 7.91. The number of aromatic amines is 1. The summed E-state index contributed by atoms with van der Waals surface area (Å²) in [5.74, 6) is -0.219. The fourth-order valence-electron chi connectivity index (χ4n) is 4.63. The highest BCUT2D eigenvalue weighted by Crippen LogP contribution is 2.17. The van der Waals surface area contributed by atoms with Crippen LogP contribution in [-0.2, 0) is 34.1 Å². The van der Waals surface area contributed by atoms with Gasteiger partial charge in [-0.2, -0.15) is 0 Å². The maximum absolute atomic E-state index is 12.9. The molecule has 0 radical (unpaired) electrons. The van der Waals surface area contributed by atoms with E-state index in [1.54, 1.807) is 21.6 Å². The quantitative estimate of drug-likeness (QED) is 0.350. The number of nitrogens with zero attached hydrogens (tertiary/aromatic N) is 4. The van der Waals surface area contributed by atoms with Gasteiger partial charge in [0.2, 0.25) is 0 Å². The number of H-pyrrole nitrogens is 1. The van der Waals surface area contributed by atoms with Gasteiger partial charge >= 0.3 is 5.69 Å². The number of hydrogen-bond acceptors (Lipinski definition) is 7. The van der Waals surface area contributed by atoms with Gasteiger partial charge in [-0.15, -0.1) is 0 Å². The van der Waals surface area contributed by atoms with E-state index in [0.29, 0.717) is 56.0 Å². The second-order valence-electron chi connectivity index (χ2n) is 9.36. The first-order valence-corrected chi connectivity index (χ1v) is 14.4. The third kappa shape index (κ3) is 5.57. The van der Waals surface area contributed by atoms with E-state index in [-0.39, 0.29) is 23.1 Å². The molecule has 0 bridgehead atoms. The van der Waals surface area contributed by atoms with Crippen molar-refractivity contribution in [2.75, 3.05) is 32.1 Å². The lowest BCUT2D eigenvalue weighted by molar-refractivity contribution is 0.0303. The number of rotatable bonds is 8. The molecule has 0 atom stereocenters. The molecule has 1 N–H and O–H groups in total. The summed E-state index contributed by atoms with van der Waals surface area (Å²) in [6, 6.07) is 13.4. The number of amides is 1. The van der Waals surface area contributed by atoms with Crippen LogP contribution in [-0.4, -0.2) is 70.4 Å². The van der Waals surface area contributed by atoms with Crippen molar-refractivity contribution < 1.29 is 17.9 Å². The van der Waals surface area contributed by atoms with E-state index in [1.807, 2.05) is 31.2 Å². The van der Waals surface area contributed by atoms with Crippen molar-refractivity contribution in [3.8, 4) is 0 Å². The van der Waals surface area contributed by atoms with E-state index in [1.165, 1.54) is 23.0 Å². The topological polar surface area (TPSA) is 136 Å². The maximum Gasteiger partial charge on any atom is 0.330 e. The average Bonchev–Trinajstić information content (AvgIpc) is 3.40. The van der Waals surface area contributed by atoms with E-state index >= 15 is 0 Å². The van der Waals surface area contributed by atoms with Crippen molar-refractivity contribution >= 4 is 26.9 Å². The number of hydrogen-bond donors (Lipinski definition) is 1. The normalized spacial score (nSPS) is 14.1. The molecular weight excluding hydrogens is 522 g/mol. The van der Waals surface area contributed by atoms with Gasteiger partial charge in [0.1, 0.15) is 0 Å². The zero-order chi connectivity index (χ0) is 27.6. The lowest BCUT2D eigenvalue weighted by atomic mass is 10.1. The fraction of sp³-hybridized carbons (Fsp3) is 0.333. The molecule has 5 rings (SSSR count). The first-order chi connectivity index (χ1) is 18.8. The minimum absolute atomic E-state index is 0.0858. The van der Waals surface area contributed by atoms with Crippen molar-refractivity contribution in [2.24, 2.45) is 0 Å². The molecular formula is C27H29N5O6S. The Kier molecular flexibility index (Phi) is 7.49. The van der Waals surface area contributed by atoms with Crippen LogP contribution in [0.3, 0.4) is 0 Å². The number of aromatic nitrogens is 4. The zero-order valence-electron chi connectivity index (χ0n) is 21.5. The second-order valence-corrected chi connectivity index (χ2v) is 11.5. The molecule has 0 unspecified atom stereocenters. The van der Waals surface area contributed by atoms with Crippen molar-refractivity contribution in [3.63, 3.8) is 0 Å². The van der Waals surface area contributed by atoms with Crippen molar-refractivity contribution in [2.45, 2.75) is 31.3 Å². The molecule has 1 amide bonds. The lowest BCUT2D eigenvalue weighted by Crippen LogP contribution is -2.40. The standard InChI is InChI=1S/C27H29N5O6S/c1-2-30-18-28-24-23(30)25(33)29-27(35)32(24)17-20-5-3-19(4-6-20)11-16-39(36,37)22-9-7-21(8-10-22)26(34)31-12-14-38-15-13-31/h3-10,18H,2,11-17H2,1H3,(H,29,33,35). The number of carbonyl (C=O) groups excluding carboxylic acids is 1. The molecule has 0 saturated carbocycles. The highest BCUT2D eigenvalue weighted by Gasteiger charge is 2.20. The summed E-state index contributed by atoms with van der Waals surface area (Å²) in [7, 11) is -3.55. The molecule has 2 aromatic carbocycles. The summed E-state index contributed by atoms with van der Waals surface area (Å²) in [5.41, 5.74) is 1.74. The predicted octanol–water partition coefficient (Wildman–Crippen LogP) is 1.44. The predicted molar refractivity (Wildman–Crippen MR) is 145 cm³/mol. The van der Waals surface area contributed by atoms with E-state index in [4.69, 9.17) is 4.74 Å². The fourth-order valence-corrected chi connectivity index (χ4v) is 5.92. The van der Waals surface area contributed by atoms with Crippen LogP contribution in [0, 0.1) is 0 Å². The molecule has 3 heterocycles. The number of sulfone groups is 1. The van der Waals surface area contributed by atoms with Crippen molar-refractivity contribution in [1.29, 1.82) is 0 Å². The van der Waals surface area contributed by atoms with Gasteiger partial charge in [-0.05, 0) is 48.7 Å². The third-order valence-electron chi connectivity index (χ3n) is 6.88. The highest BCUT2D eigenvalue weighted by atomic mass is 32.2. The number of benzene rings is 2. The molecule has 1 aliphatic heterocycles. The zero-order valence-corrected chi connectivity index (χ0v) is 22.3. The number of imidazole rings is 1. The Balaban J connectivity index is 1.24. The van der Waals surface area contributed by atoms with Crippen LogP contribution in [0.1, 0.15) is 28.4 Å². The Labute approximate surface area is 224 Å². The summed E-state index contributed by atoms with van der Waals surface area (Å²) in [5, 5.41) is 0. The number of aryl methyl sites for hydroxylation is 2. The summed E-state index contributed by atoms with van der Waals surface area (Å²) in [4.78, 5) is 45.8. The molecule has 204 valence electrons.